The molecule has 0 spiro atoms. The lowest BCUT2D eigenvalue weighted by Gasteiger charge is -2.25. The maximum Gasteiger partial charge on any atom is 0.329 e. The second kappa shape index (κ2) is 6.29. The fourth-order valence-corrected chi connectivity index (χ4v) is 3.00. The molecule has 1 unspecified atom stereocenters. The molecule has 2 N–H and O–H groups in total. The van der Waals surface area contributed by atoms with E-state index < -0.39 is 11.5 Å². The molecular weight excluding hydrogens is 266 g/mol. The maximum atomic E-state index is 12.1. The number of fused-ring (bicyclic) bond motifs is 1. The molecule has 0 radical (unpaired) electrons. The minimum absolute atomic E-state index is 0.230. The van der Waals surface area contributed by atoms with Crippen molar-refractivity contribution in [3.05, 3.63) is 34.9 Å². The number of carboxylic acids is 1. The molecule has 1 aromatic carbocycles. The molecule has 0 bridgehead atoms. The van der Waals surface area contributed by atoms with E-state index in [9.17, 15) is 14.7 Å². The molecule has 0 heterocycles. The van der Waals surface area contributed by atoms with Crippen LogP contribution in [0, 0.1) is 0 Å². The van der Waals surface area contributed by atoms with Gasteiger partial charge < -0.3 is 10.4 Å². The van der Waals surface area contributed by atoms with Crippen LogP contribution in [-0.4, -0.2) is 22.5 Å². The Morgan fingerprint density at radius 2 is 2.00 bits per heavy atom. The topological polar surface area (TPSA) is 66.4 Å². The third-order valence-electron chi connectivity index (χ3n) is 4.16. The molecule has 0 fully saturated rings. The summed E-state index contributed by atoms with van der Waals surface area (Å²) in [5.41, 5.74) is 2.48. The summed E-state index contributed by atoms with van der Waals surface area (Å²) in [6.07, 6.45) is 4.75. The third-order valence-corrected chi connectivity index (χ3v) is 4.16. The van der Waals surface area contributed by atoms with E-state index in [4.69, 9.17) is 0 Å². The molecule has 0 aromatic heterocycles. The van der Waals surface area contributed by atoms with Crippen molar-refractivity contribution in [3.63, 3.8) is 0 Å². The molecule has 4 heteroatoms. The largest absolute Gasteiger partial charge is 0.480 e. The number of hydrogen-bond acceptors (Lipinski definition) is 2. The number of aryl methyl sites for hydroxylation is 2. The van der Waals surface area contributed by atoms with Crippen molar-refractivity contribution in [1.82, 2.24) is 5.32 Å². The van der Waals surface area contributed by atoms with Gasteiger partial charge in [-0.05, 0) is 49.3 Å². The van der Waals surface area contributed by atoms with Gasteiger partial charge in [0.25, 0.3) is 0 Å². The second-order valence-electron chi connectivity index (χ2n) is 6.07. The highest BCUT2D eigenvalue weighted by Crippen LogP contribution is 2.23. The number of rotatable bonds is 6. The SMILES string of the molecule is CCCC(C)(NC(=O)Cc1ccc2c(c1)CCC2)C(=O)O. The highest BCUT2D eigenvalue weighted by molar-refractivity contribution is 5.87. The van der Waals surface area contributed by atoms with E-state index >= 15 is 0 Å². The Morgan fingerprint density at radius 1 is 1.29 bits per heavy atom. The number of carbonyl (C=O) groups excluding carboxylic acids is 1. The number of aliphatic carboxylic acids is 1. The zero-order valence-electron chi connectivity index (χ0n) is 12.7. The Kier molecular flexibility index (Phi) is 4.66. The molecule has 1 atom stereocenters. The van der Waals surface area contributed by atoms with Crippen LogP contribution in [0.4, 0.5) is 0 Å². The van der Waals surface area contributed by atoms with Gasteiger partial charge in [0.05, 0.1) is 6.42 Å². The molecule has 21 heavy (non-hydrogen) atoms. The molecule has 4 nitrogen and oxygen atoms in total. The first kappa shape index (κ1) is 15.5. The molecule has 1 aliphatic carbocycles. The van der Waals surface area contributed by atoms with Gasteiger partial charge in [-0.1, -0.05) is 31.5 Å². The first-order valence-corrected chi connectivity index (χ1v) is 7.59. The fourth-order valence-electron chi connectivity index (χ4n) is 3.00. The lowest BCUT2D eigenvalue weighted by molar-refractivity contribution is -0.147. The lowest BCUT2D eigenvalue weighted by atomic mass is 9.95. The average Bonchev–Trinajstić information content (AvgIpc) is 2.85. The summed E-state index contributed by atoms with van der Waals surface area (Å²) < 4.78 is 0. The Bertz CT molecular complexity index is 553. The fraction of sp³-hybridized carbons (Fsp3) is 0.529. The van der Waals surface area contributed by atoms with Gasteiger partial charge in [0, 0.05) is 0 Å². The number of hydrogen-bond donors (Lipinski definition) is 2. The molecular formula is C17H23NO3. The molecule has 2 rings (SSSR count). The second-order valence-corrected chi connectivity index (χ2v) is 6.07. The first-order valence-electron chi connectivity index (χ1n) is 7.59. The van der Waals surface area contributed by atoms with Crippen LogP contribution in [0.1, 0.15) is 49.8 Å². The van der Waals surface area contributed by atoms with Crippen molar-refractivity contribution in [2.75, 3.05) is 0 Å². The van der Waals surface area contributed by atoms with Crippen molar-refractivity contribution >= 4 is 11.9 Å². The maximum absolute atomic E-state index is 12.1. The predicted octanol–water partition coefficient (Wildman–Crippen LogP) is 2.48. The van der Waals surface area contributed by atoms with E-state index in [0.717, 1.165) is 18.4 Å². The summed E-state index contributed by atoms with van der Waals surface area (Å²) in [4.78, 5) is 23.5. The molecule has 0 saturated heterocycles. The van der Waals surface area contributed by atoms with Crippen LogP contribution in [0.2, 0.25) is 0 Å². The van der Waals surface area contributed by atoms with Crippen molar-refractivity contribution in [3.8, 4) is 0 Å². The van der Waals surface area contributed by atoms with Crippen LogP contribution in [-0.2, 0) is 28.9 Å². The number of benzene rings is 1. The van der Waals surface area contributed by atoms with Gasteiger partial charge in [-0.25, -0.2) is 4.79 Å². The van der Waals surface area contributed by atoms with E-state index in [2.05, 4.69) is 17.4 Å². The summed E-state index contributed by atoms with van der Waals surface area (Å²) in [6.45, 7) is 3.48. The van der Waals surface area contributed by atoms with Crippen LogP contribution in [0.5, 0.6) is 0 Å². The zero-order valence-corrected chi connectivity index (χ0v) is 12.7. The highest BCUT2D eigenvalue weighted by Gasteiger charge is 2.33. The van der Waals surface area contributed by atoms with Crippen LogP contribution < -0.4 is 5.32 Å². The lowest BCUT2D eigenvalue weighted by Crippen LogP contribution is -2.52. The van der Waals surface area contributed by atoms with Crippen LogP contribution >= 0.6 is 0 Å². The Labute approximate surface area is 125 Å². The standard InChI is InChI=1S/C17H23NO3/c1-3-9-17(2,16(20)21)18-15(19)11-12-7-8-13-5-4-6-14(13)10-12/h7-8,10H,3-6,9,11H2,1-2H3,(H,18,19)(H,20,21). The van der Waals surface area contributed by atoms with Gasteiger partial charge in [0.1, 0.15) is 5.54 Å². The minimum Gasteiger partial charge on any atom is -0.480 e. The smallest absolute Gasteiger partial charge is 0.329 e. The normalized spacial score (nSPS) is 16.1. The van der Waals surface area contributed by atoms with Gasteiger partial charge in [-0.3, -0.25) is 4.79 Å². The number of carbonyl (C=O) groups is 2. The van der Waals surface area contributed by atoms with Gasteiger partial charge in [0.15, 0.2) is 0 Å². The Balaban J connectivity index is 2.02. The average molecular weight is 289 g/mol. The Hall–Kier alpha value is -1.84. The van der Waals surface area contributed by atoms with Crippen molar-refractivity contribution < 1.29 is 14.7 Å². The van der Waals surface area contributed by atoms with Gasteiger partial charge >= 0.3 is 5.97 Å². The zero-order chi connectivity index (χ0) is 15.5. The van der Waals surface area contributed by atoms with Gasteiger partial charge in [-0.15, -0.1) is 0 Å². The summed E-state index contributed by atoms with van der Waals surface area (Å²) in [5, 5.41) is 12.0. The van der Waals surface area contributed by atoms with E-state index in [1.807, 2.05) is 13.0 Å². The predicted molar refractivity (Wildman–Crippen MR) is 81.3 cm³/mol. The van der Waals surface area contributed by atoms with Crippen LogP contribution in [0.15, 0.2) is 18.2 Å². The summed E-state index contributed by atoms with van der Waals surface area (Å²) in [5.74, 6) is -1.21. The van der Waals surface area contributed by atoms with Crippen molar-refractivity contribution in [2.45, 2.75) is 57.9 Å². The first-order chi connectivity index (χ1) is 9.94. The Morgan fingerprint density at radius 3 is 2.67 bits per heavy atom. The summed E-state index contributed by atoms with van der Waals surface area (Å²) in [6, 6.07) is 6.15. The van der Waals surface area contributed by atoms with Crippen LogP contribution in [0.3, 0.4) is 0 Å². The summed E-state index contributed by atoms with van der Waals surface area (Å²) >= 11 is 0. The molecule has 1 aromatic rings. The number of amides is 1. The molecule has 1 aliphatic rings. The number of carboxylic acid groups (broad SMARTS) is 1. The summed E-state index contributed by atoms with van der Waals surface area (Å²) in [7, 11) is 0. The number of nitrogens with one attached hydrogen (secondary N) is 1. The monoisotopic (exact) mass is 289 g/mol. The highest BCUT2D eigenvalue weighted by atomic mass is 16.4. The van der Waals surface area contributed by atoms with E-state index in [1.165, 1.54) is 17.5 Å². The third kappa shape index (κ3) is 3.63. The molecule has 114 valence electrons. The molecule has 0 aliphatic heterocycles. The van der Waals surface area contributed by atoms with Crippen molar-refractivity contribution in [2.24, 2.45) is 0 Å². The molecule has 0 saturated carbocycles. The van der Waals surface area contributed by atoms with E-state index in [1.54, 1.807) is 6.92 Å². The quantitative estimate of drug-likeness (QED) is 0.845. The molecule has 1 amide bonds. The van der Waals surface area contributed by atoms with Crippen LogP contribution in [0.25, 0.3) is 0 Å². The minimum atomic E-state index is -1.18. The van der Waals surface area contributed by atoms with E-state index in [-0.39, 0.29) is 12.3 Å². The van der Waals surface area contributed by atoms with Crippen molar-refractivity contribution in [1.29, 1.82) is 0 Å². The van der Waals surface area contributed by atoms with E-state index in [0.29, 0.717) is 12.8 Å². The van der Waals surface area contributed by atoms with Gasteiger partial charge in [0.2, 0.25) is 5.91 Å². The van der Waals surface area contributed by atoms with Gasteiger partial charge in [-0.2, -0.15) is 0 Å².